The number of benzene rings is 2. The van der Waals surface area contributed by atoms with Crippen LogP contribution in [-0.2, 0) is 11.2 Å². The second-order valence-electron chi connectivity index (χ2n) is 5.38. The fourth-order valence-corrected chi connectivity index (χ4v) is 2.55. The van der Waals surface area contributed by atoms with Crippen LogP contribution in [0, 0.1) is 10.1 Å². The van der Waals surface area contributed by atoms with Crippen LogP contribution in [0.3, 0.4) is 0 Å². The van der Waals surface area contributed by atoms with Gasteiger partial charge in [-0.15, -0.1) is 0 Å². The van der Waals surface area contributed by atoms with Crippen molar-refractivity contribution < 1.29 is 9.72 Å². The zero-order chi connectivity index (χ0) is 16.7. The number of para-hydroxylation sites is 1. The van der Waals surface area contributed by atoms with E-state index in [4.69, 9.17) is 0 Å². The molecule has 0 heterocycles. The van der Waals surface area contributed by atoms with Gasteiger partial charge in [0, 0.05) is 11.6 Å². The second-order valence-corrected chi connectivity index (χ2v) is 5.38. The number of nitrogens with one attached hydrogen (secondary N) is 1. The van der Waals surface area contributed by atoms with Gasteiger partial charge in [-0.3, -0.25) is 14.9 Å². The lowest BCUT2D eigenvalue weighted by Gasteiger charge is -2.18. The molecule has 0 spiro atoms. The van der Waals surface area contributed by atoms with Gasteiger partial charge in [0.2, 0.25) is 5.91 Å². The third-order valence-electron chi connectivity index (χ3n) is 3.65. The molecule has 2 rings (SSSR count). The maximum Gasteiger partial charge on any atom is 0.273 e. The van der Waals surface area contributed by atoms with E-state index in [9.17, 15) is 14.9 Å². The normalized spacial score (nSPS) is 11.7. The van der Waals surface area contributed by atoms with Crippen LogP contribution < -0.4 is 5.32 Å². The molecule has 120 valence electrons. The highest BCUT2D eigenvalue weighted by molar-refractivity contribution is 5.80. The van der Waals surface area contributed by atoms with E-state index in [0.717, 1.165) is 18.4 Å². The fraction of sp³-hybridized carbons (Fsp3) is 0.278. The first kappa shape index (κ1) is 16.7. The molecule has 5 heteroatoms. The van der Waals surface area contributed by atoms with Gasteiger partial charge in [0.05, 0.1) is 17.4 Å². The van der Waals surface area contributed by atoms with E-state index in [2.05, 4.69) is 12.2 Å². The van der Waals surface area contributed by atoms with Gasteiger partial charge in [-0.1, -0.05) is 61.9 Å². The molecule has 0 aliphatic heterocycles. The molecule has 1 N–H and O–H groups in total. The van der Waals surface area contributed by atoms with E-state index in [1.807, 2.05) is 30.3 Å². The van der Waals surface area contributed by atoms with E-state index < -0.39 is 4.92 Å². The summed E-state index contributed by atoms with van der Waals surface area (Å²) in [4.78, 5) is 22.9. The Bertz CT molecular complexity index is 671. The van der Waals surface area contributed by atoms with Crippen LogP contribution in [0.25, 0.3) is 0 Å². The number of hydrogen-bond acceptors (Lipinski definition) is 3. The number of carbonyl (C=O) groups excluding carboxylic acids is 1. The van der Waals surface area contributed by atoms with Crippen LogP contribution in [0.1, 0.15) is 36.9 Å². The Morgan fingerprint density at radius 3 is 2.43 bits per heavy atom. The van der Waals surface area contributed by atoms with Crippen molar-refractivity contribution in [1.29, 1.82) is 0 Å². The fourth-order valence-electron chi connectivity index (χ4n) is 2.55. The summed E-state index contributed by atoms with van der Waals surface area (Å²) in [7, 11) is 0. The van der Waals surface area contributed by atoms with Crippen LogP contribution in [0.15, 0.2) is 54.6 Å². The summed E-state index contributed by atoms with van der Waals surface area (Å²) in [5.41, 5.74) is 1.46. The van der Waals surface area contributed by atoms with Crippen molar-refractivity contribution in [2.45, 2.75) is 32.2 Å². The summed E-state index contributed by atoms with van der Waals surface area (Å²) in [6, 6.07) is 16.0. The average molecular weight is 312 g/mol. The quantitative estimate of drug-likeness (QED) is 0.624. The lowest BCUT2D eigenvalue weighted by molar-refractivity contribution is -0.385. The zero-order valence-electron chi connectivity index (χ0n) is 13.1. The molecule has 1 unspecified atom stereocenters. The van der Waals surface area contributed by atoms with Crippen molar-refractivity contribution in [1.82, 2.24) is 5.32 Å². The summed E-state index contributed by atoms with van der Waals surface area (Å²) >= 11 is 0. The number of nitro groups is 1. The largest absolute Gasteiger partial charge is 0.349 e. The van der Waals surface area contributed by atoms with Crippen molar-refractivity contribution in [3.05, 3.63) is 75.8 Å². The Kier molecular flexibility index (Phi) is 5.86. The molecule has 23 heavy (non-hydrogen) atoms. The minimum atomic E-state index is -0.455. The first-order valence-corrected chi connectivity index (χ1v) is 7.68. The van der Waals surface area contributed by atoms with Gasteiger partial charge in [-0.25, -0.2) is 0 Å². The molecular formula is C18H20N2O3. The summed E-state index contributed by atoms with van der Waals surface area (Å²) in [6.07, 6.45) is 1.77. The molecule has 0 aliphatic rings. The molecule has 0 saturated carbocycles. The van der Waals surface area contributed by atoms with Crippen LogP contribution in [0.5, 0.6) is 0 Å². The molecule has 1 atom stereocenters. The lowest BCUT2D eigenvalue weighted by Crippen LogP contribution is -2.30. The minimum Gasteiger partial charge on any atom is -0.349 e. The highest BCUT2D eigenvalue weighted by Gasteiger charge is 2.18. The van der Waals surface area contributed by atoms with Crippen molar-refractivity contribution in [3.8, 4) is 0 Å². The predicted molar refractivity (Wildman–Crippen MR) is 89.0 cm³/mol. The first-order valence-electron chi connectivity index (χ1n) is 7.68. The molecule has 0 aromatic heterocycles. The molecule has 1 amide bonds. The molecule has 0 radical (unpaired) electrons. The smallest absolute Gasteiger partial charge is 0.273 e. The maximum atomic E-state index is 12.3. The van der Waals surface area contributed by atoms with Gasteiger partial charge in [-0.05, 0) is 12.0 Å². The van der Waals surface area contributed by atoms with Crippen LogP contribution in [-0.4, -0.2) is 10.8 Å². The molecule has 5 nitrogen and oxygen atoms in total. The Labute approximate surface area is 135 Å². The van der Waals surface area contributed by atoms with Gasteiger partial charge < -0.3 is 5.32 Å². The Morgan fingerprint density at radius 2 is 1.78 bits per heavy atom. The monoisotopic (exact) mass is 312 g/mol. The van der Waals surface area contributed by atoms with Crippen molar-refractivity contribution in [3.63, 3.8) is 0 Å². The SMILES string of the molecule is CCCC(NC(=O)Cc1ccccc1[N+](=O)[O-])c1ccccc1. The minimum absolute atomic E-state index is 0.00417. The predicted octanol–water partition coefficient (Wildman–Crippen LogP) is 3.79. The summed E-state index contributed by atoms with van der Waals surface area (Å²) in [5.74, 6) is -0.207. The highest BCUT2D eigenvalue weighted by Crippen LogP contribution is 2.21. The molecule has 0 fully saturated rings. The number of nitrogens with zero attached hydrogens (tertiary/aromatic N) is 1. The van der Waals surface area contributed by atoms with Crippen LogP contribution in [0.2, 0.25) is 0 Å². The van der Waals surface area contributed by atoms with Gasteiger partial charge in [0.25, 0.3) is 5.69 Å². The molecule has 0 bridgehead atoms. The van der Waals surface area contributed by atoms with Gasteiger partial charge >= 0.3 is 0 Å². The van der Waals surface area contributed by atoms with Crippen LogP contribution in [0.4, 0.5) is 5.69 Å². The molecular weight excluding hydrogens is 292 g/mol. The van der Waals surface area contributed by atoms with E-state index in [0.29, 0.717) is 5.56 Å². The van der Waals surface area contributed by atoms with E-state index >= 15 is 0 Å². The number of rotatable bonds is 7. The topological polar surface area (TPSA) is 72.2 Å². The average Bonchev–Trinajstić information content (AvgIpc) is 2.55. The Balaban J connectivity index is 2.10. The Hall–Kier alpha value is -2.69. The van der Waals surface area contributed by atoms with E-state index in [1.165, 1.54) is 6.07 Å². The second kappa shape index (κ2) is 8.08. The summed E-state index contributed by atoms with van der Waals surface area (Å²) in [5, 5.41) is 14.0. The van der Waals surface area contributed by atoms with Gasteiger partial charge in [0.1, 0.15) is 0 Å². The first-order chi connectivity index (χ1) is 11.1. The van der Waals surface area contributed by atoms with Crippen LogP contribution >= 0.6 is 0 Å². The molecule has 2 aromatic carbocycles. The van der Waals surface area contributed by atoms with Crippen molar-refractivity contribution in [2.24, 2.45) is 0 Å². The summed E-state index contributed by atoms with van der Waals surface area (Å²) in [6.45, 7) is 2.06. The standard InChI is InChI=1S/C18H20N2O3/c1-2-8-16(14-9-4-3-5-10-14)19-18(21)13-15-11-6-7-12-17(15)20(22)23/h3-7,9-12,16H,2,8,13H2,1H3,(H,19,21). The summed E-state index contributed by atoms with van der Waals surface area (Å²) < 4.78 is 0. The number of hydrogen-bond donors (Lipinski definition) is 1. The number of amides is 1. The van der Waals surface area contributed by atoms with E-state index in [1.54, 1.807) is 18.2 Å². The van der Waals surface area contributed by atoms with Crippen molar-refractivity contribution >= 4 is 11.6 Å². The maximum absolute atomic E-state index is 12.3. The zero-order valence-corrected chi connectivity index (χ0v) is 13.1. The molecule has 0 aliphatic carbocycles. The van der Waals surface area contributed by atoms with Gasteiger partial charge in [-0.2, -0.15) is 0 Å². The molecule has 2 aromatic rings. The third-order valence-corrected chi connectivity index (χ3v) is 3.65. The highest BCUT2D eigenvalue weighted by atomic mass is 16.6. The third kappa shape index (κ3) is 4.64. The van der Waals surface area contributed by atoms with Crippen molar-refractivity contribution in [2.75, 3.05) is 0 Å². The Morgan fingerprint density at radius 1 is 1.13 bits per heavy atom. The number of nitro benzene ring substituents is 1. The molecule has 0 saturated heterocycles. The lowest BCUT2D eigenvalue weighted by atomic mass is 10.0. The van der Waals surface area contributed by atoms with E-state index in [-0.39, 0.29) is 24.1 Å². The number of carbonyl (C=O) groups is 1. The van der Waals surface area contributed by atoms with Gasteiger partial charge in [0.15, 0.2) is 0 Å².